The summed E-state index contributed by atoms with van der Waals surface area (Å²) in [7, 11) is 0. The van der Waals surface area contributed by atoms with Crippen LogP contribution >= 0.6 is 0 Å². The van der Waals surface area contributed by atoms with Crippen LogP contribution in [0.2, 0.25) is 0 Å². The summed E-state index contributed by atoms with van der Waals surface area (Å²) in [5, 5.41) is 0. The fourth-order valence-corrected chi connectivity index (χ4v) is 3.82. The molecular formula is C25H33NO5. The number of nitrogens with zero attached hydrogens (tertiary/aromatic N) is 1. The minimum absolute atomic E-state index is 0.0530. The number of ketones is 1. The Balaban J connectivity index is 1.49. The van der Waals surface area contributed by atoms with Gasteiger partial charge in [-0.3, -0.25) is 4.79 Å². The van der Waals surface area contributed by atoms with E-state index < -0.39 is 5.97 Å². The molecule has 168 valence electrons. The predicted octanol–water partition coefficient (Wildman–Crippen LogP) is 4.39. The molecule has 1 atom stereocenters. The van der Waals surface area contributed by atoms with E-state index >= 15 is 0 Å². The van der Waals surface area contributed by atoms with Crippen molar-refractivity contribution < 1.29 is 23.8 Å². The third-order valence-corrected chi connectivity index (χ3v) is 5.73. The monoisotopic (exact) mass is 427 g/mol. The number of aromatic nitrogens is 1. The molecule has 1 fully saturated rings. The van der Waals surface area contributed by atoms with Gasteiger partial charge >= 0.3 is 5.97 Å². The van der Waals surface area contributed by atoms with Gasteiger partial charge < -0.3 is 18.8 Å². The summed E-state index contributed by atoms with van der Waals surface area (Å²) >= 11 is 0. The van der Waals surface area contributed by atoms with Crippen LogP contribution in [0.5, 0.6) is 5.75 Å². The molecule has 1 aromatic carbocycles. The lowest BCUT2D eigenvalue weighted by molar-refractivity contribution is -0.144. The molecule has 2 aromatic rings. The van der Waals surface area contributed by atoms with Crippen LogP contribution in [0.3, 0.4) is 0 Å². The highest BCUT2D eigenvalue weighted by Gasteiger charge is 2.22. The van der Waals surface area contributed by atoms with Crippen LogP contribution in [0, 0.1) is 13.8 Å². The van der Waals surface area contributed by atoms with Crippen LogP contribution in [0.1, 0.15) is 60.9 Å². The van der Waals surface area contributed by atoms with Gasteiger partial charge in [-0.1, -0.05) is 32.9 Å². The average molecular weight is 428 g/mol. The maximum Gasteiger partial charge on any atom is 0.344 e. The number of esters is 1. The first kappa shape index (κ1) is 23.1. The van der Waals surface area contributed by atoms with E-state index in [-0.39, 0.29) is 30.5 Å². The Morgan fingerprint density at radius 2 is 1.84 bits per heavy atom. The number of rotatable bonds is 8. The quantitative estimate of drug-likeness (QED) is 0.462. The van der Waals surface area contributed by atoms with E-state index in [4.69, 9.17) is 14.2 Å². The number of carbonyl (C=O) groups is 2. The number of ether oxygens (including phenoxy) is 3. The first-order chi connectivity index (χ1) is 14.6. The van der Waals surface area contributed by atoms with Gasteiger partial charge in [0.05, 0.1) is 6.10 Å². The SMILES string of the molecule is Cc1cc(C(=O)COC(=O)COc2ccc(C(C)(C)C)cc2)c(C)n1CC1CCCO1. The van der Waals surface area contributed by atoms with Gasteiger partial charge in [0.1, 0.15) is 5.75 Å². The van der Waals surface area contributed by atoms with Crippen molar-refractivity contribution in [2.24, 2.45) is 0 Å². The Bertz CT molecular complexity index is 915. The standard InChI is InChI=1S/C25H33NO5/c1-17-13-22(18(2)26(17)14-21-7-6-12-29-21)23(27)15-31-24(28)16-30-20-10-8-19(9-11-20)25(3,4)5/h8-11,13,21H,6-7,12,14-16H2,1-5H3. The topological polar surface area (TPSA) is 66.8 Å². The number of hydrogen-bond acceptors (Lipinski definition) is 5. The molecule has 0 aliphatic carbocycles. The van der Waals surface area contributed by atoms with E-state index in [1.54, 1.807) is 0 Å². The maximum absolute atomic E-state index is 12.6. The van der Waals surface area contributed by atoms with Gasteiger partial charge in [0.15, 0.2) is 13.2 Å². The number of carbonyl (C=O) groups excluding carboxylic acids is 2. The molecule has 6 nitrogen and oxygen atoms in total. The van der Waals surface area contributed by atoms with E-state index in [9.17, 15) is 9.59 Å². The van der Waals surface area contributed by atoms with Crippen LogP contribution in [-0.4, -0.2) is 42.2 Å². The van der Waals surface area contributed by atoms with Crippen LogP contribution in [0.15, 0.2) is 30.3 Å². The number of Topliss-reactive ketones (excluding diaryl/α,β-unsaturated/α-hetero) is 1. The van der Waals surface area contributed by atoms with Gasteiger partial charge in [-0.25, -0.2) is 4.79 Å². The third kappa shape index (κ3) is 5.97. The molecule has 0 saturated carbocycles. The second kappa shape index (κ2) is 9.69. The molecule has 0 radical (unpaired) electrons. The molecule has 31 heavy (non-hydrogen) atoms. The summed E-state index contributed by atoms with van der Waals surface area (Å²) in [4.78, 5) is 24.7. The van der Waals surface area contributed by atoms with Gasteiger partial charge in [0.25, 0.3) is 0 Å². The van der Waals surface area contributed by atoms with E-state index in [0.29, 0.717) is 11.3 Å². The first-order valence-corrected chi connectivity index (χ1v) is 10.9. The van der Waals surface area contributed by atoms with Crippen molar-refractivity contribution in [2.45, 2.75) is 65.5 Å². The second-order valence-corrected chi connectivity index (χ2v) is 9.18. The Morgan fingerprint density at radius 3 is 2.45 bits per heavy atom. The minimum atomic E-state index is -0.568. The van der Waals surface area contributed by atoms with E-state index in [2.05, 4.69) is 25.3 Å². The summed E-state index contributed by atoms with van der Waals surface area (Å²) < 4.78 is 18.5. The van der Waals surface area contributed by atoms with Crippen LogP contribution in [0.25, 0.3) is 0 Å². The van der Waals surface area contributed by atoms with Crippen LogP contribution in [0.4, 0.5) is 0 Å². The minimum Gasteiger partial charge on any atom is -0.482 e. The lowest BCUT2D eigenvalue weighted by Crippen LogP contribution is -2.20. The second-order valence-electron chi connectivity index (χ2n) is 9.18. The van der Waals surface area contributed by atoms with Crippen molar-refractivity contribution >= 4 is 11.8 Å². The van der Waals surface area contributed by atoms with Crippen molar-refractivity contribution in [1.82, 2.24) is 4.57 Å². The van der Waals surface area contributed by atoms with Gasteiger partial charge in [-0.05, 0) is 55.9 Å². The highest BCUT2D eigenvalue weighted by atomic mass is 16.6. The molecular weight excluding hydrogens is 394 g/mol. The Kier molecular flexibility index (Phi) is 7.21. The summed E-state index contributed by atoms with van der Waals surface area (Å²) in [6.07, 6.45) is 2.31. The normalized spacial score (nSPS) is 16.4. The van der Waals surface area contributed by atoms with Gasteiger partial charge in [0, 0.05) is 30.1 Å². The fourth-order valence-electron chi connectivity index (χ4n) is 3.82. The fraction of sp³-hybridized carbons (Fsp3) is 0.520. The van der Waals surface area contributed by atoms with Crippen molar-refractivity contribution in [3.05, 3.63) is 52.8 Å². The molecule has 0 amide bonds. The molecule has 1 aliphatic rings. The zero-order valence-corrected chi connectivity index (χ0v) is 19.2. The summed E-state index contributed by atoms with van der Waals surface area (Å²) in [5.74, 6) is -0.190. The third-order valence-electron chi connectivity index (χ3n) is 5.73. The predicted molar refractivity (Wildman–Crippen MR) is 119 cm³/mol. The van der Waals surface area contributed by atoms with Crippen molar-refractivity contribution in [1.29, 1.82) is 0 Å². The molecule has 2 heterocycles. The smallest absolute Gasteiger partial charge is 0.344 e. The van der Waals surface area contributed by atoms with Gasteiger partial charge in [-0.15, -0.1) is 0 Å². The molecule has 1 aliphatic heterocycles. The number of aryl methyl sites for hydroxylation is 1. The zero-order valence-electron chi connectivity index (χ0n) is 19.2. The molecule has 1 aromatic heterocycles. The van der Waals surface area contributed by atoms with Gasteiger partial charge in [-0.2, -0.15) is 0 Å². The highest BCUT2D eigenvalue weighted by Crippen LogP contribution is 2.24. The van der Waals surface area contributed by atoms with Crippen LogP contribution in [-0.2, 0) is 26.2 Å². The van der Waals surface area contributed by atoms with E-state index in [0.717, 1.165) is 37.4 Å². The summed E-state index contributed by atoms with van der Waals surface area (Å²) in [5.41, 5.74) is 3.71. The largest absolute Gasteiger partial charge is 0.482 e. The number of hydrogen-bond donors (Lipinski definition) is 0. The van der Waals surface area contributed by atoms with Crippen molar-refractivity contribution in [3.63, 3.8) is 0 Å². The highest BCUT2D eigenvalue weighted by molar-refractivity contribution is 5.99. The number of benzene rings is 1. The average Bonchev–Trinajstić information content (AvgIpc) is 3.34. The lowest BCUT2D eigenvalue weighted by Gasteiger charge is -2.19. The van der Waals surface area contributed by atoms with Gasteiger partial charge in [0.2, 0.25) is 5.78 Å². The van der Waals surface area contributed by atoms with Crippen molar-refractivity contribution in [3.8, 4) is 5.75 Å². The summed E-state index contributed by atoms with van der Waals surface area (Å²) in [6, 6.07) is 9.49. The molecule has 1 saturated heterocycles. The molecule has 0 bridgehead atoms. The molecule has 0 N–H and O–H groups in total. The molecule has 1 unspecified atom stereocenters. The molecule has 3 rings (SSSR count). The van der Waals surface area contributed by atoms with Crippen molar-refractivity contribution in [2.75, 3.05) is 19.8 Å². The Labute approximate surface area is 184 Å². The maximum atomic E-state index is 12.6. The Hall–Kier alpha value is -2.60. The van der Waals surface area contributed by atoms with E-state index in [1.807, 2.05) is 44.2 Å². The Morgan fingerprint density at radius 1 is 1.13 bits per heavy atom. The summed E-state index contributed by atoms with van der Waals surface area (Å²) in [6.45, 7) is 11.3. The molecule has 0 spiro atoms. The van der Waals surface area contributed by atoms with E-state index in [1.165, 1.54) is 5.56 Å². The first-order valence-electron chi connectivity index (χ1n) is 10.9. The van der Waals surface area contributed by atoms with Crippen LogP contribution < -0.4 is 4.74 Å². The lowest BCUT2D eigenvalue weighted by atomic mass is 9.87. The zero-order chi connectivity index (χ0) is 22.6. The molecule has 6 heteroatoms.